The van der Waals surface area contributed by atoms with Crippen molar-refractivity contribution in [2.24, 2.45) is 0 Å². The fourth-order valence-corrected chi connectivity index (χ4v) is 2.60. The standard InChI is InChI=1S/C17H15ClN2O/c1-20(10-12-5-3-2-4-6-12)11-15-14-8-7-13(18)9-16(14)19-17(15)21/h2-9,11H,10H2,1H3,(H,19,21)/b15-11+. The first-order valence-electron chi connectivity index (χ1n) is 6.71. The maximum absolute atomic E-state index is 12.1. The van der Waals surface area contributed by atoms with E-state index in [2.05, 4.69) is 17.4 Å². The van der Waals surface area contributed by atoms with E-state index in [9.17, 15) is 4.79 Å². The van der Waals surface area contributed by atoms with Gasteiger partial charge in [-0.05, 0) is 17.7 Å². The molecule has 21 heavy (non-hydrogen) atoms. The molecule has 3 rings (SSSR count). The van der Waals surface area contributed by atoms with E-state index in [0.717, 1.165) is 17.8 Å². The lowest BCUT2D eigenvalue weighted by Crippen LogP contribution is -2.13. The predicted molar refractivity (Wildman–Crippen MR) is 86.0 cm³/mol. The average Bonchev–Trinajstić information content (AvgIpc) is 2.75. The summed E-state index contributed by atoms with van der Waals surface area (Å²) < 4.78 is 0. The number of amides is 1. The molecule has 0 unspecified atom stereocenters. The molecule has 4 heteroatoms. The van der Waals surface area contributed by atoms with Crippen LogP contribution >= 0.6 is 11.6 Å². The highest BCUT2D eigenvalue weighted by Crippen LogP contribution is 2.33. The number of carbonyl (C=O) groups excluding carboxylic acids is 1. The lowest BCUT2D eigenvalue weighted by molar-refractivity contribution is -0.110. The van der Waals surface area contributed by atoms with Gasteiger partial charge in [0.25, 0.3) is 5.91 Å². The molecular formula is C17H15ClN2O. The number of nitrogens with zero attached hydrogens (tertiary/aromatic N) is 1. The van der Waals surface area contributed by atoms with Crippen LogP contribution in [0.4, 0.5) is 5.69 Å². The number of nitrogens with one attached hydrogen (secondary N) is 1. The molecule has 0 radical (unpaired) electrons. The highest BCUT2D eigenvalue weighted by atomic mass is 35.5. The van der Waals surface area contributed by atoms with Crippen molar-refractivity contribution in [2.75, 3.05) is 12.4 Å². The predicted octanol–water partition coefficient (Wildman–Crippen LogP) is 3.77. The zero-order chi connectivity index (χ0) is 14.8. The summed E-state index contributed by atoms with van der Waals surface area (Å²) in [6, 6.07) is 15.6. The first-order chi connectivity index (χ1) is 10.1. The van der Waals surface area contributed by atoms with Gasteiger partial charge in [-0.15, -0.1) is 0 Å². The van der Waals surface area contributed by atoms with E-state index in [1.54, 1.807) is 12.1 Å². The van der Waals surface area contributed by atoms with Gasteiger partial charge >= 0.3 is 0 Å². The molecule has 0 aromatic heterocycles. The first kappa shape index (κ1) is 13.7. The Kier molecular flexibility index (Phi) is 3.67. The van der Waals surface area contributed by atoms with Gasteiger partial charge in [-0.2, -0.15) is 0 Å². The van der Waals surface area contributed by atoms with Gasteiger partial charge in [0.1, 0.15) is 0 Å². The Morgan fingerprint density at radius 2 is 1.95 bits per heavy atom. The van der Waals surface area contributed by atoms with E-state index in [1.165, 1.54) is 5.56 Å². The number of hydrogen-bond acceptors (Lipinski definition) is 2. The van der Waals surface area contributed by atoms with Crippen molar-refractivity contribution in [3.63, 3.8) is 0 Å². The first-order valence-corrected chi connectivity index (χ1v) is 7.08. The molecule has 0 saturated heterocycles. The van der Waals surface area contributed by atoms with E-state index in [0.29, 0.717) is 10.6 Å². The van der Waals surface area contributed by atoms with Crippen LogP contribution < -0.4 is 5.32 Å². The molecule has 106 valence electrons. The van der Waals surface area contributed by atoms with E-state index in [4.69, 9.17) is 11.6 Å². The van der Waals surface area contributed by atoms with Crippen molar-refractivity contribution in [3.8, 4) is 0 Å². The number of carbonyl (C=O) groups is 1. The quantitative estimate of drug-likeness (QED) is 0.875. The Hall–Kier alpha value is -2.26. The van der Waals surface area contributed by atoms with Crippen LogP contribution in [0.25, 0.3) is 5.57 Å². The van der Waals surface area contributed by atoms with Crippen molar-refractivity contribution in [1.82, 2.24) is 4.90 Å². The number of benzene rings is 2. The second-order valence-corrected chi connectivity index (χ2v) is 5.52. The molecule has 1 amide bonds. The number of fused-ring (bicyclic) bond motifs is 1. The molecule has 3 nitrogen and oxygen atoms in total. The Balaban J connectivity index is 1.85. The fourth-order valence-electron chi connectivity index (χ4n) is 2.43. The maximum Gasteiger partial charge on any atom is 0.257 e. The smallest absolute Gasteiger partial charge is 0.257 e. The van der Waals surface area contributed by atoms with E-state index in [1.807, 2.05) is 42.4 Å². The molecule has 1 aliphatic rings. The molecule has 0 fully saturated rings. The van der Waals surface area contributed by atoms with Crippen LogP contribution in [0, 0.1) is 0 Å². The Morgan fingerprint density at radius 1 is 1.19 bits per heavy atom. The summed E-state index contributed by atoms with van der Waals surface area (Å²) in [5.41, 5.74) is 3.53. The van der Waals surface area contributed by atoms with Gasteiger partial charge in [0.15, 0.2) is 0 Å². The van der Waals surface area contributed by atoms with Crippen LogP contribution in [0.1, 0.15) is 11.1 Å². The summed E-state index contributed by atoms with van der Waals surface area (Å²) >= 11 is 5.95. The number of halogens is 1. The Bertz CT molecular complexity index is 710. The van der Waals surface area contributed by atoms with Gasteiger partial charge in [-0.25, -0.2) is 0 Å². The van der Waals surface area contributed by atoms with Crippen LogP contribution in [0.2, 0.25) is 5.02 Å². The summed E-state index contributed by atoms with van der Waals surface area (Å²) in [7, 11) is 1.96. The largest absolute Gasteiger partial charge is 0.375 e. The van der Waals surface area contributed by atoms with Crippen molar-refractivity contribution in [3.05, 3.63) is 70.9 Å². The third-order valence-electron chi connectivity index (χ3n) is 3.39. The summed E-state index contributed by atoms with van der Waals surface area (Å²) in [5, 5.41) is 3.46. The second-order valence-electron chi connectivity index (χ2n) is 5.09. The van der Waals surface area contributed by atoms with Gasteiger partial charge in [0.05, 0.1) is 11.3 Å². The minimum absolute atomic E-state index is 0.0906. The Labute approximate surface area is 128 Å². The maximum atomic E-state index is 12.1. The molecular weight excluding hydrogens is 284 g/mol. The minimum atomic E-state index is -0.0906. The highest BCUT2D eigenvalue weighted by Gasteiger charge is 2.24. The molecule has 1 aliphatic heterocycles. The zero-order valence-corrected chi connectivity index (χ0v) is 12.4. The van der Waals surface area contributed by atoms with Gasteiger partial charge in [0.2, 0.25) is 0 Å². The summed E-state index contributed by atoms with van der Waals surface area (Å²) in [6.07, 6.45) is 1.88. The van der Waals surface area contributed by atoms with Gasteiger partial charge in [-0.3, -0.25) is 4.79 Å². The normalized spacial score (nSPS) is 15.0. The van der Waals surface area contributed by atoms with E-state index in [-0.39, 0.29) is 5.91 Å². The number of anilines is 1. The second kappa shape index (κ2) is 5.62. The molecule has 2 aromatic rings. The molecule has 0 aliphatic carbocycles. The lowest BCUT2D eigenvalue weighted by Gasteiger charge is -2.15. The fraction of sp³-hybridized carbons (Fsp3) is 0.118. The third-order valence-corrected chi connectivity index (χ3v) is 3.62. The summed E-state index contributed by atoms with van der Waals surface area (Å²) in [6.45, 7) is 0.751. The topological polar surface area (TPSA) is 32.3 Å². The molecule has 0 spiro atoms. The number of rotatable bonds is 3. The van der Waals surface area contributed by atoms with Gasteiger partial charge < -0.3 is 10.2 Å². The number of hydrogen-bond donors (Lipinski definition) is 1. The lowest BCUT2D eigenvalue weighted by atomic mass is 10.1. The molecule has 0 bridgehead atoms. The minimum Gasteiger partial charge on any atom is -0.375 e. The average molecular weight is 299 g/mol. The molecule has 0 atom stereocenters. The van der Waals surface area contributed by atoms with Crippen molar-refractivity contribution < 1.29 is 4.79 Å². The Morgan fingerprint density at radius 3 is 2.71 bits per heavy atom. The van der Waals surface area contributed by atoms with Gasteiger partial charge in [-0.1, -0.05) is 48.0 Å². The monoisotopic (exact) mass is 298 g/mol. The van der Waals surface area contributed by atoms with Crippen LogP contribution in [-0.2, 0) is 11.3 Å². The van der Waals surface area contributed by atoms with Gasteiger partial charge in [0, 0.05) is 30.4 Å². The summed E-state index contributed by atoms with van der Waals surface area (Å²) in [5.74, 6) is -0.0906. The van der Waals surface area contributed by atoms with E-state index >= 15 is 0 Å². The molecule has 0 saturated carbocycles. The highest BCUT2D eigenvalue weighted by molar-refractivity contribution is 6.34. The molecule has 2 aromatic carbocycles. The third kappa shape index (κ3) is 2.93. The van der Waals surface area contributed by atoms with Crippen LogP contribution in [-0.4, -0.2) is 17.9 Å². The SMILES string of the molecule is CN(/C=C1/C(=O)Nc2cc(Cl)ccc21)Cc1ccccc1. The molecule has 1 heterocycles. The van der Waals surface area contributed by atoms with Crippen molar-refractivity contribution >= 4 is 28.8 Å². The van der Waals surface area contributed by atoms with E-state index < -0.39 is 0 Å². The van der Waals surface area contributed by atoms with Crippen LogP contribution in [0.5, 0.6) is 0 Å². The van der Waals surface area contributed by atoms with Crippen molar-refractivity contribution in [1.29, 1.82) is 0 Å². The van der Waals surface area contributed by atoms with Crippen LogP contribution in [0.15, 0.2) is 54.7 Å². The summed E-state index contributed by atoms with van der Waals surface area (Å²) in [4.78, 5) is 14.1. The van der Waals surface area contributed by atoms with Crippen molar-refractivity contribution in [2.45, 2.75) is 6.54 Å². The van der Waals surface area contributed by atoms with Crippen LogP contribution in [0.3, 0.4) is 0 Å². The zero-order valence-electron chi connectivity index (χ0n) is 11.6. The molecule has 1 N–H and O–H groups in total.